The number of pyridine rings is 1. The summed E-state index contributed by atoms with van der Waals surface area (Å²) >= 11 is 4.60. The summed E-state index contributed by atoms with van der Waals surface area (Å²) in [6, 6.07) is 9.30. The summed E-state index contributed by atoms with van der Waals surface area (Å²) in [6.45, 7) is 0. The van der Waals surface area contributed by atoms with Crippen LogP contribution in [0, 0.1) is 0 Å². The monoisotopic (exact) mass is 296 g/mol. The molecule has 5 nitrogen and oxygen atoms in total. The molecule has 6 heteroatoms. The lowest BCUT2D eigenvalue weighted by Gasteiger charge is -2.10. The number of nitrogens with zero attached hydrogens (tertiary/aromatic N) is 4. The van der Waals surface area contributed by atoms with Gasteiger partial charge in [0.2, 0.25) is 5.89 Å². The molecule has 0 amide bonds. The highest BCUT2D eigenvalue weighted by Gasteiger charge is 2.09. The third kappa shape index (κ3) is 2.67. The van der Waals surface area contributed by atoms with E-state index in [4.69, 9.17) is 4.42 Å². The summed E-state index contributed by atoms with van der Waals surface area (Å²) in [5.41, 5.74) is 2.95. The Bertz CT molecular complexity index is 833. The van der Waals surface area contributed by atoms with Crippen LogP contribution in [0.5, 0.6) is 0 Å². The predicted octanol–water partition coefficient (Wildman–Crippen LogP) is 3.69. The number of hydrogen-bond acceptors (Lipinski definition) is 6. The highest BCUT2D eigenvalue weighted by atomic mass is 32.1. The molecule has 0 spiro atoms. The van der Waals surface area contributed by atoms with Crippen molar-refractivity contribution in [3.8, 4) is 11.5 Å². The van der Waals surface area contributed by atoms with Crippen LogP contribution >= 0.6 is 12.2 Å². The maximum atomic E-state index is 5.75. The number of aromatic nitrogens is 2. The maximum absolute atomic E-state index is 5.75. The Hall–Kier alpha value is -2.56. The van der Waals surface area contributed by atoms with Crippen LogP contribution in [0.1, 0.15) is 0 Å². The molecule has 1 aromatic carbocycles. The van der Waals surface area contributed by atoms with Crippen molar-refractivity contribution in [2.45, 2.75) is 0 Å². The first kappa shape index (κ1) is 13.4. The molecule has 3 aromatic rings. The van der Waals surface area contributed by atoms with E-state index in [0.29, 0.717) is 17.2 Å². The lowest BCUT2D eigenvalue weighted by atomic mass is 10.3. The van der Waals surface area contributed by atoms with Gasteiger partial charge in [0.15, 0.2) is 5.58 Å². The molecule has 0 radical (unpaired) electrons. The fraction of sp³-hybridized carbons (Fsp3) is 0.133. The molecule has 0 bridgehead atoms. The first-order valence-electron chi connectivity index (χ1n) is 6.29. The van der Waals surface area contributed by atoms with E-state index in [1.54, 1.807) is 12.3 Å². The van der Waals surface area contributed by atoms with Gasteiger partial charge in [-0.25, -0.2) is 9.97 Å². The van der Waals surface area contributed by atoms with Gasteiger partial charge in [-0.2, -0.15) is 4.99 Å². The number of thiocarbonyl (C=S) groups is 1. The van der Waals surface area contributed by atoms with Crippen molar-refractivity contribution in [3.05, 3.63) is 36.5 Å². The second-order valence-electron chi connectivity index (χ2n) is 4.67. The molecule has 3 rings (SSSR count). The summed E-state index contributed by atoms with van der Waals surface area (Å²) in [6.07, 6.45) is 1.75. The summed E-state index contributed by atoms with van der Waals surface area (Å²) in [5.74, 6) is 1.42. The van der Waals surface area contributed by atoms with Gasteiger partial charge in [0, 0.05) is 26.4 Å². The molecule has 0 fully saturated rings. The zero-order valence-corrected chi connectivity index (χ0v) is 12.4. The van der Waals surface area contributed by atoms with Crippen molar-refractivity contribution in [2.75, 3.05) is 19.0 Å². The number of rotatable bonds is 3. The number of hydrogen-bond donors (Lipinski definition) is 0. The molecule has 104 valence electrons. The van der Waals surface area contributed by atoms with Gasteiger partial charge in [-0.1, -0.05) is 0 Å². The molecular weight excluding hydrogens is 284 g/mol. The van der Waals surface area contributed by atoms with Crippen molar-refractivity contribution in [1.82, 2.24) is 9.97 Å². The van der Waals surface area contributed by atoms with Gasteiger partial charge < -0.3 is 9.32 Å². The van der Waals surface area contributed by atoms with E-state index in [2.05, 4.69) is 32.3 Å². The molecule has 0 atom stereocenters. The average Bonchev–Trinajstić information content (AvgIpc) is 2.91. The number of fused-ring (bicyclic) bond motifs is 1. The van der Waals surface area contributed by atoms with Crippen LogP contribution in [0.4, 0.5) is 11.5 Å². The Morgan fingerprint density at radius 3 is 2.76 bits per heavy atom. The summed E-state index contributed by atoms with van der Waals surface area (Å²) in [7, 11) is 3.89. The van der Waals surface area contributed by atoms with Gasteiger partial charge in [-0.3, -0.25) is 0 Å². The number of aliphatic imine (C=N–C) groups is 1. The SMILES string of the molecule is CN(C)c1ccc(-c2nc3ccc(N=C=S)cc3o2)cn1. The standard InChI is InChI=1S/C15H12N4OS/c1-19(2)14-6-3-10(8-16-14)15-18-12-5-4-11(17-9-21)7-13(12)20-15/h3-8H,1-2H3. The third-order valence-corrected chi connectivity index (χ3v) is 3.09. The van der Waals surface area contributed by atoms with Crippen LogP contribution in [-0.4, -0.2) is 29.2 Å². The van der Waals surface area contributed by atoms with E-state index in [1.807, 2.05) is 43.3 Å². The van der Waals surface area contributed by atoms with Gasteiger partial charge >= 0.3 is 0 Å². The highest BCUT2D eigenvalue weighted by molar-refractivity contribution is 7.78. The smallest absolute Gasteiger partial charge is 0.228 e. The lowest BCUT2D eigenvalue weighted by molar-refractivity contribution is 0.619. The van der Waals surface area contributed by atoms with Gasteiger partial charge in [0.1, 0.15) is 11.3 Å². The van der Waals surface area contributed by atoms with E-state index in [-0.39, 0.29) is 0 Å². The van der Waals surface area contributed by atoms with Crippen LogP contribution in [0.25, 0.3) is 22.6 Å². The molecule has 0 saturated heterocycles. The van der Waals surface area contributed by atoms with Crippen LogP contribution in [0.2, 0.25) is 0 Å². The maximum Gasteiger partial charge on any atom is 0.228 e. The van der Waals surface area contributed by atoms with E-state index in [9.17, 15) is 0 Å². The normalized spacial score (nSPS) is 10.4. The van der Waals surface area contributed by atoms with Gasteiger partial charge in [-0.15, -0.1) is 0 Å². The Morgan fingerprint density at radius 2 is 2.10 bits per heavy atom. The molecule has 2 heterocycles. The van der Waals surface area contributed by atoms with Crippen LogP contribution < -0.4 is 4.90 Å². The summed E-state index contributed by atoms with van der Waals surface area (Å²) in [5, 5.41) is 2.34. The highest BCUT2D eigenvalue weighted by Crippen LogP contribution is 2.27. The molecule has 21 heavy (non-hydrogen) atoms. The van der Waals surface area contributed by atoms with Crippen LogP contribution in [0.3, 0.4) is 0 Å². The zero-order valence-electron chi connectivity index (χ0n) is 11.6. The number of isothiocyanates is 1. The molecule has 0 unspecified atom stereocenters. The largest absolute Gasteiger partial charge is 0.436 e. The number of benzene rings is 1. The Labute approximate surface area is 127 Å². The van der Waals surface area contributed by atoms with Gasteiger partial charge in [0.25, 0.3) is 0 Å². The first-order chi connectivity index (χ1) is 10.2. The van der Waals surface area contributed by atoms with Crippen LogP contribution in [-0.2, 0) is 0 Å². The second kappa shape index (κ2) is 5.44. The van der Waals surface area contributed by atoms with E-state index >= 15 is 0 Å². The van der Waals surface area contributed by atoms with Gasteiger partial charge in [-0.05, 0) is 36.5 Å². The van der Waals surface area contributed by atoms with Crippen molar-refractivity contribution < 1.29 is 4.42 Å². The van der Waals surface area contributed by atoms with E-state index in [1.165, 1.54) is 0 Å². The molecule has 0 aliphatic rings. The molecule has 0 saturated carbocycles. The first-order valence-corrected chi connectivity index (χ1v) is 6.70. The van der Waals surface area contributed by atoms with E-state index < -0.39 is 0 Å². The minimum absolute atomic E-state index is 0.534. The van der Waals surface area contributed by atoms with E-state index in [0.717, 1.165) is 16.9 Å². The number of anilines is 1. The molecule has 0 N–H and O–H groups in total. The topological polar surface area (TPSA) is 54.5 Å². The summed E-state index contributed by atoms with van der Waals surface area (Å²) in [4.78, 5) is 14.7. The minimum Gasteiger partial charge on any atom is -0.436 e. The Kier molecular flexibility index (Phi) is 3.48. The predicted molar refractivity (Wildman–Crippen MR) is 86.3 cm³/mol. The molecular formula is C15H12N4OS. The summed E-state index contributed by atoms with van der Waals surface area (Å²) < 4.78 is 5.75. The minimum atomic E-state index is 0.534. The van der Waals surface area contributed by atoms with Crippen LogP contribution in [0.15, 0.2) is 45.9 Å². The van der Waals surface area contributed by atoms with Crippen molar-refractivity contribution in [2.24, 2.45) is 4.99 Å². The van der Waals surface area contributed by atoms with Crippen molar-refractivity contribution in [3.63, 3.8) is 0 Å². The second-order valence-corrected chi connectivity index (χ2v) is 4.86. The van der Waals surface area contributed by atoms with Crippen molar-refractivity contribution >= 4 is 40.0 Å². The molecule has 0 aliphatic heterocycles. The number of oxazole rings is 1. The zero-order chi connectivity index (χ0) is 14.8. The lowest BCUT2D eigenvalue weighted by Crippen LogP contribution is -2.09. The molecule has 0 aliphatic carbocycles. The quantitative estimate of drug-likeness (QED) is 0.545. The Morgan fingerprint density at radius 1 is 1.24 bits per heavy atom. The third-order valence-electron chi connectivity index (χ3n) is 3.00. The average molecular weight is 296 g/mol. The fourth-order valence-electron chi connectivity index (χ4n) is 1.94. The Balaban J connectivity index is 2.02. The molecule has 2 aromatic heterocycles. The fourth-order valence-corrected chi connectivity index (χ4v) is 2.04. The van der Waals surface area contributed by atoms with Gasteiger partial charge in [0.05, 0.1) is 16.4 Å². The van der Waals surface area contributed by atoms with Crippen molar-refractivity contribution in [1.29, 1.82) is 0 Å².